The molecule has 0 spiro atoms. The van der Waals surface area contributed by atoms with Crippen LogP contribution >= 0.6 is 0 Å². The first-order valence-corrected chi connectivity index (χ1v) is 8.24. The molecule has 3 aromatic rings. The predicted octanol–water partition coefficient (Wildman–Crippen LogP) is 2.38. The monoisotopic (exact) mass is 362 g/mol. The van der Waals surface area contributed by atoms with Crippen molar-refractivity contribution < 1.29 is 18.1 Å². The van der Waals surface area contributed by atoms with Crippen LogP contribution in [0.1, 0.15) is 52.8 Å². The molecule has 0 aromatic carbocycles. The quantitative estimate of drug-likeness (QED) is 0.711. The van der Waals surface area contributed by atoms with Crippen LogP contribution in [0, 0.1) is 6.92 Å². The van der Waals surface area contributed by atoms with E-state index in [-0.39, 0.29) is 29.0 Å². The maximum absolute atomic E-state index is 13.2. The molecule has 0 saturated carbocycles. The van der Waals surface area contributed by atoms with E-state index in [0.717, 1.165) is 12.8 Å². The van der Waals surface area contributed by atoms with E-state index in [0.29, 0.717) is 24.5 Å². The fourth-order valence-electron chi connectivity index (χ4n) is 3.29. The van der Waals surface area contributed by atoms with Gasteiger partial charge in [0.15, 0.2) is 5.69 Å². The van der Waals surface area contributed by atoms with Gasteiger partial charge in [-0.2, -0.15) is 10.1 Å². The Balaban J connectivity index is 1.65. The van der Waals surface area contributed by atoms with Gasteiger partial charge in [0, 0.05) is 25.1 Å². The van der Waals surface area contributed by atoms with Crippen molar-refractivity contribution in [2.75, 3.05) is 13.1 Å². The van der Waals surface area contributed by atoms with Gasteiger partial charge in [-0.15, -0.1) is 0 Å². The number of alkyl halides is 2. The molecule has 4 heterocycles. The second-order valence-electron chi connectivity index (χ2n) is 6.29. The van der Waals surface area contributed by atoms with Gasteiger partial charge in [-0.1, -0.05) is 5.16 Å². The lowest BCUT2D eigenvalue weighted by molar-refractivity contribution is 0.0694. The van der Waals surface area contributed by atoms with Crippen molar-refractivity contribution in [2.45, 2.75) is 32.1 Å². The molecule has 1 aliphatic heterocycles. The summed E-state index contributed by atoms with van der Waals surface area (Å²) in [6.07, 6.45) is 0.0826. The third kappa shape index (κ3) is 2.91. The fraction of sp³-hybridized carbons (Fsp3) is 0.438. The highest BCUT2D eigenvalue weighted by Gasteiger charge is 2.29. The average molecular weight is 362 g/mol. The minimum atomic E-state index is -2.70. The summed E-state index contributed by atoms with van der Waals surface area (Å²) in [5.74, 6) is 0.310. The number of carbonyl (C=O) groups is 1. The van der Waals surface area contributed by atoms with Crippen molar-refractivity contribution in [3.05, 3.63) is 41.3 Å². The van der Waals surface area contributed by atoms with Crippen LogP contribution in [0.2, 0.25) is 0 Å². The van der Waals surface area contributed by atoms with Crippen LogP contribution in [0.25, 0.3) is 5.78 Å². The molecule has 8 nitrogen and oxygen atoms in total. The van der Waals surface area contributed by atoms with E-state index >= 15 is 0 Å². The second kappa shape index (κ2) is 6.43. The highest BCUT2D eigenvalue weighted by atomic mass is 19.3. The number of nitrogens with zero attached hydrogens (tertiary/aromatic N) is 6. The van der Waals surface area contributed by atoms with Gasteiger partial charge in [-0.05, 0) is 25.8 Å². The fourth-order valence-corrected chi connectivity index (χ4v) is 3.29. The predicted molar refractivity (Wildman–Crippen MR) is 84.9 cm³/mol. The number of halogens is 2. The second-order valence-corrected chi connectivity index (χ2v) is 6.29. The Bertz CT molecular complexity index is 953. The SMILES string of the molecule is Cc1cc(C(=O)N2CCC[C@H](c3cc(C(F)F)nc4ncnn34)C2)no1. The van der Waals surface area contributed by atoms with E-state index in [4.69, 9.17) is 4.52 Å². The summed E-state index contributed by atoms with van der Waals surface area (Å²) < 4.78 is 32.8. The van der Waals surface area contributed by atoms with Gasteiger partial charge in [-0.3, -0.25) is 4.79 Å². The number of hydrogen-bond donors (Lipinski definition) is 0. The van der Waals surface area contributed by atoms with Crippen molar-refractivity contribution in [1.82, 2.24) is 29.6 Å². The standard InChI is InChI=1S/C16H16F2N6O2/c1-9-5-12(22-26-9)15(25)23-4-2-3-10(7-23)13-6-11(14(17)18)21-16-19-8-20-24(13)16/h5-6,8,10,14H,2-4,7H2,1H3/t10-/m0/s1. The first-order valence-electron chi connectivity index (χ1n) is 8.24. The van der Waals surface area contributed by atoms with Gasteiger partial charge in [0.2, 0.25) is 0 Å². The Morgan fingerprint density at radius 2 is 2.23 bits per heavy atom. The molecule has 1 aliphatic rings. The zero-order chi connectivity index (χ0) is 18.3. The van der Waals surface area contributed by atoms with Crippen LogP contribution in [0.3, 0.4) is 0 Å². The van der Waals surface area contributed by atoms with E-state index in [1.165, 1.54) is 16.9 Å². The van der Waals surface area contributed by atoms with Gasteiger partial charge in [0.05, 0.1) is 5.69 Å². The van der Waals surface area contributed by atoms with Crippen LogP contribution in [0.5, 0.6) is 0 Å². The number of fused-ring (bicyclic) bond motifs is 1. The van der Waals surface area contributed by atoms with E-state index < -0.39 is 6.43 Å². The summed E-state index contributed by atoms with van der Waals surface area (Å²) in [7, 11) is 0. The van der Waals surface area contributed by atoms with Crippen LogP contribution in [-0.4, -0.2) is 48.6 Å². The number of piperidine rings is 1. The molecule has 1 atom stereocenters. The molecule has 136 valence electrons. The third-order valence-electron chi connectivity index (χ3n) is 4.50. The summed E-state index contributed by atoms with van der Waals surface area (Å²) in [5, 5.41) is 7.86. The molecule has 26 heavy (non-hydrogen) atoms. The summed E-state index contributed by atoms with van der Waals surface area (Å²) in [6.45, 7) is 2.67. The molecule has 0 aliphatic carbocycles. The molecule has 3 aromatic heterocycles. The van der Waals surface area contributed by atoms with Crippen molar-refractivity contribution in [1.29, 1.82) is 0 Å². The Morgan fingerprint density at radius 3 is 2.96 bits per heavy atom. The molecular weight excluding hydrogens is 346 g/mol. The molecule has 10 heteroatoms. The number of rotatable bonds is 3. The largest absolute Gasteiger partial charge is 0.361 e. The Hall–Kier alpha value is -2.91. The first kappa shape index (κ1) is 16.6. The van der Waals surface area contributed by atoms with Crippen molar-refractivity contribution >= 4 is 11.7 Å². The van der Waals surface area contributed by atoms with E-state index in [9.17, 15) is 13.6 Å². The lowest BCUT2D eigenvalue weighted by atomic mass is 9.93. The lowest BCUT2D eigenvalue weighted by Crippen LogP contribution is -2.39. The van der Waals surface area contributed by atoms with Gasteiger partial charge < -0.3 is 9.42 Å². The number of aromatic nitrogens is 5. The zero-order valence-electron chi connectivity index (χ0n) is 14.0. The highest BCUT2D eigenvalue weighted by Crippen LogP contribution is 2.30. The number of likely N-dealkylation sites (tertiary alicyclic amines) is 1. The van der Waals surface area contributed by atoms with E-state index in [1.54, 1.807) is 17.9 Å². The molecule has 1 amide bonds. The Labute approximate surface area is 146 Å². The van der Waals surface area contributed by atoms with Gasteiger partial charge in [-0.25, -0.2) is 18.3 Å². The maximum Gasteiger partial charge on any atom is 0.280 e. The topological polar surface area (TPSA) is 89.4 Å². The zero-order valence-corrected chi connectivity index (χ0v) is 14.0. The number of hydrogen-bond acceptors (Lipinski definition) is 6. The van der Waals surface area contributed by atoms with Crippen LogP contribution in [0.4, 0.5) is 8.78 Å². The molecule has 0 unspecified atom stereocenters. The van der Waals surface area contributed by atoms with E-state index in [2.05, 4.69) is 20.2 Å². The summed E-state index contributed by atoms with van der Waals surface area (Å²) in [5.41, 5.74) is 0.491. The van der Waals surface area contributed by atoms with Crippen molar-refractivity contribution in [3.8, 4) is 0 Å². The first-order chi connectivity index (χ1) is 12.5. The number of aryl methyl sites for hydroxylation is 1. The minimum absolute atomic E-state index is 0.133. The number of amides is 1. The van der Waals surface area contributed by atoms with Gasteiger partial charge in [0.1, 0.15) is 17.8 Å². The van der Waals surface area contributed by atoms with Crippen molar-refractivity contribution in [3.63, 3.8) is 0 Å². The van der Waals surface area contributed by atoms with Crippen LogP contribution in [-0.2, 0) is 0 Å². The molecule has 0 N–H and O–H groups in total. The Kier molecular flexibility index (Phi) is 4.09. The molecular formula is C16H16F2N6O2. The molecule has 4 rings (SSSR count). The van der Waals surface area contributed by atoms with Crippen LogP contribution in [0.15, 0.2) is 23.0 Å². The third-order valence-corrected chi connectivity index (χ3v) is 4.50. The van der Waals surface area contributed by atoms with Gasteiger partial charge >= 0.3 is 0 Å². The molecule has 0 bridgehead atoms. The highest BCUT2D eigenvalue weighted by molar-refractivity contribution is 5.92. The summed E-state index contributed by atoms with van der Waals surface area (Å²) >= 11 is 0. The summed E-state index contributed by atoms with van der Waals surface area (Å²) in [4.78, 5) is 22.0. The molecule has 1 fully saturated rings. The minimum Gasteiger partial charge on any atom is -0.361 e. The maximum atomic E-state index is 13.2. The van der Waals surface area contributed by atoms with Crippen molar-refractivity contribution in [2.24, 2.45) is 0 Å². The van der Waals surface area contributed by atoms with Gasteiger partial charge in [0.25, 0.3) is 18.1 Å². The lowest BCUT2D eigenvalue weighted by Gasteiger charge is -2.32. The summed E-state index contributed by atoms with van der Waals surface area (Å²) in [6, 6.07) is 2.94. The molecule has 1 saturated heterocycles. The van der Waals surface area contributed by atoms with E-state index in [1.807, 2.05) is 0 Å². The van der Waals surface area contributed by atoms with Crippen LogP contribution < -0.4 is 0 Å². The normalized spacial score (nSPS) is 18.0. The number of carbonyl (C=O) groups excluding carboxylic acids is 1. The molecule has 0 radical (unpaired) electrons. The smallest absolute Gasteiger partial charge is 0.280 e. The average Bonchev–Trinajstić information content (AvgIpc) is 3.29. The Morgan fingerprint density at radius 1 is 1.38 bits per heavy atom.